The number of hydrogen-bond acceptors (Lipinski definition) is 3. The number of thioether (sulfide) groups is 1. The maximum atomic E-state index is 11.0. The first-order valence-electron chi connectivity index (χ1n) is 7.04. The molecule has 0 saturated carbocycles. The molecule has 0 fully saturated rings. The van der Waals surface area contributed by atoms with Gasteiger partial charge in [-0.1, -0.05) is 27.7 Å². The van der Waals surface area contributed by atoms with Gasteiger partial charge in [-0.3, -0.25) is 4.79 Å². The zero-order chi connectivity index (χ0) is 15.3. The van der Waals surface area contributed by atoms with Gasteiger partial charge in [-0.15, -0.1) is 11.8 Å². The second-order valence-corrected chi connectivity index (χ2v) is 7.40. The van der Waals surface area contributed by atoms with Gasteiger partial charge in [0.05, 0.1) is 0 Å². The van der Waals surface area contributed by atoms with Crippen molar-refractivity contribution in [2.45, 2.75) is 57.2 Å². The van der Waals surface area contributed by atoms with Crippen LogP contribution in [0.5, 0.6) is 0 Å². The van der Waals surface area contributed by atoms with Crippen molar-refractivity contribution in [1.82, 2.24) is 0 Å². The summed E-state index contributed by atoms with van der Waals surface area (Å²) in [7, 11) is 0. The van der Waals surface area contributed by atoms with Gasteiger partial charge in [-0.2, -0.15) is 0 Å². The third-order valence-corrected chi connectivity index (χ3v) is 5.01. The zero-order valence-electron chi connectivity index (χ0n) is 13.1. The van der Waals surface area contributed by atoms with Crippen LogP contribution in [0.2, 0.25) is 0 Å². The Morgan fingerprint density at radius 3 is 2.25 bits per heavy atom. The van der Waals surface area contributed by atoms with Crippen molar-refractivity contribution in [2.24, 2.45) is 11.1 Å². The molecule has 112 valence electrons. The number of anilines is 1. The molecule has 0 aliphatic carbocycles. The predicted octanol–water partition coefficient (Wildman–Crippen LogP) is 3.89. The van der Waals surface area contributed by atoms with E-state index in [-0.39, 0.29) is 17.4 Å². The van der Waals surface area contributed by atoms with Crippen LogP contribution in [0.3, 0.4) is 0 Å². The molecule has 0 aromatic heterocycles. The lowest BCUT2D eigenvalue weighted by Crippen LogP contribution is -2.40. The SMILES string of the molecule is CCC(N)C(Sc1ccc(NC(C)=O)cc1)C(C)(C)C. The Balaban J connectivity index is 2.81. The van der Waals surface area contributed by atoms with Crippen LogP contribution < -0.4 is 11.1 Å². The smallest absolute Gasteiger partial charge is 0.221 e. The first-order chi connectivity index (χ1) is 9.24. The van der Waals surface area contributed by atoms with Crippen LogP contribution in [-0.4, -0.2) is 17.2 Å². The summed E-state index contributed by atoms with van der Waals surface area (Å²) in [5, 5.41) is 3.14. The molecule has 0 aliphatic rings. The van der Waals surface area contributed by atoms with Crippen molar-refractivity contribution in [3.8, 4) is 0 Å². The van der Waals surface area contributed by atoms with Gasteiger partial charge in [-0.25, -0.2) is 0 Å². The van der Waals surface area contributed by atoms with Crippen LogP contribution in [-0.2, 0) is 4.79 Å². The topological polar surface area (TPSA) is 55.1 Å². The van der Waals surface area contributed by atoms with Crippen LogP contribution in [0, 0.1) is 5.41 Å². The Morgan fingerprint density at radius 2 is 1.85 bits per heavy atom. The molecule has 1 amide bonds. The molecule has 0 aliphatic heterocycles. The van der Waals surface area contributed by atoms with E-state index in [0.717, 1.165) is 12.1 Å². The summed E-state index contributed by atoms with van der Waals surface area (Å²) in [6, 6.07) is 8.12. The Bertz CT molecular complexity index is 437. The van der Waals surface area contributed by atoms with Crippen LogP contribution in [0.15, 0.2) is 29.2 Å². The molecule has 1 rings (SSSR count). The standard InChI is InChI=1S/C16H26N2OS/c1-6-14(17)15(16(3,4)5)20-13-9-7-12(8-10-13)18-11(2)19/h7-10,14-15H,6,17H2,1-5H3,(H,18,19). The fourth-order valence-electron chi connectivity index (χ4n) is 2.09. The van der Waals surface area contributed by atoms with E-state index in [2.05, 4.69) is 33.0 Å². The van der Waals surface area contributed by atoms with E-state index in [0.29, 0.717) is 5.25 Å². The van der Waals surface area contributed by atoms with E-state index in [1.165, 1.54) is 11.8 Å². The highest BCUT2D eigenvalue weighted by molar-refractivity contribution is 8.00. The van der Waals surface area contributed by atoms with E-state index in [4.69, 9.17) is 5.73 Å². The summed E-state index contributed by atoms with van der Waals surface area (Å²) in [6.07, 6.45) is 0.971. The number of nitrogens with one attached hydrogen (secondary N) is 1. The quantitative estimate of drug-likeness (QED) is 0.810. The molecule has 2 unspecified atom stereocenters. The molecule has 1 aromatic rings. The number of carbonyl (C=O) groups excluding carboxylic acids is 1. The lowest BCUT2D eigenvalue weighted by molar-refractivity contribution is -0.114. The van der Waals surface area contributed by atoms with Crippen molar-refractivity contribution < 1.29 is 4.79 Å². The molecule has 0 radical (unpaired) electrons. The van der Waals surface area contributed by atoms with Crippen molar-refractivity contribution >= 4 is 23.4 Å². The zero-order valence-corrected chi connectivity index (χ0v) is 13.9. The van der Waals surface area contributed by atoms with Crippen molar-refractivity contribution in [3.05, 3.63) is 24.3 Å². The maximum Gasteiger partial charge on any atom is 0.221 e. The Kier molecular flexibility index (Phi) is 6.08. The second kappa shape index (κ2) is 7.14. The van der Waals surface area contributed by atoms with Crippen LogP contribution in [0.25, 0.3) is 0 Å². The highest BCUT2D eigenvalue weighted by Crippen LogP contribution is 2.37. The number of hydrogen-bond donors (Lipinski definition) is 2. The summed E-state index contributed by atoms with van der Waals surface area (Å²) < 4.78 is 0. The van der Waals surface area contributed by atoms with E-state index in [1.54, 1.807) is 0 Å². The van der Waals surface area contributed by atoms with Gasteiger partial charge in [0.25, 0.3) is 0 Å². The van der Waals surface area contributed by atoms with Crippen LogP contribution in [0.1, 0.15) is 41.0 Å². The minimum Gasteiger partial charge on any atom is -0.327 e. The van der Waals surface area contributed by atoms with Gasteiger partial charge in [0.15, 0.2) is 0 Å². The summed E-state index contributed by atoms with van der Waals surface area (Å²) >= 11 is 1.82. The minimum absolute atomic E-state index is 0.0500. The summed E-state index contributed by atoms with van der Waals surface area (Å²) in [5.74, 6) is -0.0500. The molecule has 0 spiro atoms. The highest BCUT2D eigenvalue weighted by atomic mass is 32.2. The fourth-order valence-corrected chi connectivity index (χ4v) is 3.39. The van der Waals surface area contributed by atoms with Crippen molar-refractivity contribution in [3.63, 3.8) is 0 Å². The number of amides is 1. The predicted molar refractivity (Wildman–Crippen MR) is 88.1 cm³/mol. The molecule has 0 saturated heterocycles. The summed E-state index contributed by atoms with van der Waals surface area (Å²) in [6.45, 7) is 10.3. The molecule has 4 heteroatoms. The molecule has 0 bridgehead atoms. The normalized spacial score (nSPS) is 14.7. The van der Waals surface area contributed by atoms with Gasteiger partial charge in [0.2, 0.25) is 5.91 Å². The van der Waals surface area contributed by atoms with Gasteiger partial charge in [0.1, 0.15) is 0 Å². The average molecular weight is 294 g/mol. The second-order valence-electron chi connectivity index (χ2n) is 6.18. The van der Waals surface area contributed by atoms with Crippen LogP contribution in [0.4, 0.5) is 5.69 Å². The van der Waals surface area contributed by atoms with Gasteiger partial charge in [0, 0.05) is 28.8 Å². The lowest BCUT2D eigenvalue weighted by Gasteiger charge is -2.34. The number of nitrogens with two attached hydrogens (primary N) is 1. The van der Waals surface area contributed by atoms with Gasteiger partial charge >= 0.3 is 0 Å². The number of benzene rings is 1. The molecule has 1 aromatic carbocycles. The van der Waals surface area contributed by atoms with Gasteiger partial charge < -0.3 is 11.1 Å². The Labute approximate surface area is 126 Å². The third-order valence-electron chi connectivity index (χ3n) is 3.15. The molecule has 20 heavy (non-hydrogen) atoms. The van der Waals surface area contributed by atoms with Crippen molar-refractivity contribution in [1.29, 1.82) is 0 Å². The lowest BCUT2D eigenvalue weighted by atomic mass is 9.87. The fraction of sp³-hybridized carbons (Fsp3) is 0.562. The van der Waals surface area contributed by atoms with Crippen molar-refractivity contribution in [2.75, 3.05) is 5.32 Å². The largest absolute Gasteiger partial charge is 0.327 e. The molecular formula is C16H26N2OS. The number of carbonyl (C=O) groups is 1. The van der Waals surface area contributed by atoms with E-state index < -0.39 is 0 Å². The monoisotopic (exact) mass is 294 g/mol. The van der Waals surface area contributed by atoms with Gasteiger partial charge in [-0.05, 0) is 36.1 Å². The summed E-state index contributed by atoms with van der Waals surface area (Å²) in [5.41, 5.74) is 7.25. The summed E-state index contributed by atoms with van der Waals surface area (Å²) in [4.78, 5) is 12.2. The highest BCUT2D eigenvalue weighted by Gasteiger charge is 2.30. The van der Waals surface area contributed by atoms with Crippen LogP contribution >= 0.6 is 11.8 Å². The third kappa shape index (κ3) is 5.17. The first-order valence-corrected chi connectivity index (χ1v) is 7.92. The molecule has 0 heterocycles. The van der Waals surface area contributed by atoms with E-state index >= 15 is 0 Å². The average Bonchev–Trinajstić information content (AvgIpc) is 2.35. The number of rotatable bonds is 5. The van der Waals surface area contributed by atoms with E-state index in [9.17, 15) is 4.79 Å². The molecule has 2 atom stereocenters. The Morgan fingerprint density at radius 1 is 1.30 bits per heavy atom. The first kappa shape index (κ1) is 17.1. The molecule has 3 N–H and O–H groups in total. The van der Waals surface area contributed by atoms with E-state index in [1.807, 2.05) is 36.0 Å². The Hall–Kier alpha value is -1.00. The maximum absolute atomic E-state index is 11.0. The molecule has 3 nitrogen and oxygen atoms in total. The molecular weight excluding hydrogens is 268 g/mol. The minimum atomic E-state index is -0.0500.